The summed E-state index contributed by atoms with van der Waals surface area (Å²) in [5.74, 6) is 0.425. The number of benzene rings is 1. The highest BCUT2D eigenvalue weighted by atomic mass is 32.2. The van der Waals surface area contributed by atoms with Gasteiger partial charge in [-0.3, -0.25) is 4.79 Å². The van der Waals surface area contributed by atoms with Crippen molar-refractivity contribution in [1.29, 1.82) is 0 Å². The Morgan fingerprint density at radius 3 is 2.44 bits per heavy atom. The molecule has 1 aliphatic rings. The number of aryl methyl sites for hydroxylation is 2. The van der Waals surface area contributed by atoms with Crippen LogP contribution < -0.4 is 5.32 Å². The van der Waals surface area contributed by atoms with E-state index in [4.69, 9.17) is 0 Å². The van der Waals surface area contributed by atoms with Crippen LogP contribution in [0.5, 0.6) is 0 Å². The number of amides is 1. The second kappa shape index (κ2) is 8.14. The molecule has 1 aliphatic heterocycles. The van der Waals surface area contributed by atoms with E-state index in [9.17, 15) is 13.2 Å². The van der Waals surface area contributed by atoms with Gasteiger partial charge in [0.25, 0.3) is 5.91 Å². The molecule has 144 valence electrons. The van der Waals surface area contributed by atoms with Gasteiger partial charge in [-0.05, 0) is 50.8 Å². The predicted molar refractivity (Wildman–Crippen MR) is 102 cm³/mol. The van der Waals surface area contributed by atoms with Crippen LogP contribution >= 0.6 is 0 Å². The minimum absolute atomic E-state index is 0.208. The Morgan fingerprint density at radius 2 is 1.81 bits per heavy atom. The maximum absolute atomic E-state index is 12.5. The summed E-state index contributed by atoms with van der Waals surface area (Å²) in [5, 5.41) is 2.85. The highest BCUT2D eigenvalue weighted by Gasteiger charge is 2.26. The number of nitrogens with zero attached hydrogens (tertiary/aromatic N) is 3. The number of aromatic nitrogens is 2. The number of sulfonamides is 1. The molecule has 0 aliphatic carbocycles. The van der Waals surface area contributed by atoms with Crippen molar-refractivity contribution in [2.24, 2.45) is 0 Å². The van der Waals surface area contributed by atoms with Crippen LogP contribution in [0.2, 0.25) is 0 Å². The van der Waals surface area contributed by atoms with Gasteiger partial charge in [0, 0.05) is 25.8 Å². The molecular weight excluding hydrogens is 364 g/mol. The summed E-state index contributed by atoms with van der Waals surface area (Å²) in [6.45, 7) is 5.20. The number of carbonyl (C=O) groups excluding carboxylic acids is 1. The standard InChI is InChI=1S/C19H24N4O3S/c1-14-18(13-21-15(2)22-14)19(24)20-10-9-16-5-7-17(8-6-16)27(25,26)23-11-3-4-12-23/h5-8,13H,3-4,9-12H2,1-2H3,(H,20,24). The van der Waals surface area contributed by atoms with Crippen LogP contribution in [-0.4, -0.2) is 48.2 Å². The number of carbonyl (C=O) groups is 1. The molecule has 2 aromatic rings. The van der Waals surface area contributed by atoms with E-state index in [0.717, 1.165) is 18.4 Å². The molecule has 2 heterocycles. The third-order valence-electron chi connectivity index (χ3n) is 4.67. The Bertz CT molecular complexity index is 920. The third kappa shape index (κ3) is 4.51. The van der Waals surface area contributed by atoms with E-state index in [1.165, 1.54) is 10.5 Å². The Morgan fingerprint density at radius 1 is 1.15 bits per heavy atom. The number of rotatable bonds is 6. The van der Waals surface area contributed by atoms with Gasteiger partial charge >= 0.3 is 0 Å². The first-order chi connectivity index (χ1) is 12.9. The fourth-order valence-electron chi connectivity index (χ4n) is 3.13. The Labute approximate surface area is 159 Å². The first-order valence-corrected chi connectivity index (χ1v) is 10.5. The van der Waals surface area contributed by atoms with Gasteiger partial charge in [-0.1, -0.05) is 12.1 Å². The van der Waals surface area contributed by atoms with Gasteiger partial charge in [0.15, 0.2) is 0 Å². The van der Waals surface area contributed by atoms with Crippen molar-refractivity contribution >= 4 is 15.9 Å². The minimum atomic E-state index is -3.38. The molecule has 0 bridgehead atoms. The lowest BCUT2D eigenvalue weighted by atomic mass is 10.1. The van der Waals surface area contributed by atoms with Crippen LogP contribution in [0.15, 0.2) is 35.4 Å². The third-order valence-corrected chi connectivity index (χ3v) is 6.58. The predicted octanol–water partition coefficient (Wildman–Crippen LogP) is 1.85. The lowest BCUT2D eigenvalue weighted by molar-refractivity contribution is 0.0952. The summed E-state index contributed by atoms with van der Waals surface area (Å²) in [5.41, 5.74) is 2.08. The highest BCUT2D eigenvalue weighted by Crippen LogP contribution is 2.21. The van der Waals surface area contributed by atoms with Crippen molar-refractivity contribution in [3.8, 4) is 0 Å². The van der Waals surface area contributed by atoms with Gasteiger partial charge in [-0.25, -0.2) is 18.4 Å². The fourth-order valence-corrected chi connectivity index (χ4v) is 4.64. The fraction of sp³-hybridized carbons (Fsp3) is 0.421. The van der Waals surface area contributed by atoms with Crippen molar-refractivity contribution in [2.45, 2.75) is 38.0 Å². The SMILES string of the molecule is Cc1ncc(C(=O)NCCc2ccc(S(=O)(=O)N3CCCC3)cc2)c(C)n1. The molecule has 0 spiro atoms. The van der Waals surface area contributed by atoms with Gasteiger partial charge < -0.3 is 5.32 Å². The largest absolute Gasteiger partial charge is 0.352 e. The van der Waals surface area contributed by atoms with E-state index in [0.29, 0.717) is 48.0 Å². The van der Waals surface area contributed by atoms with E-state index in [1.807, 2.05) is 0 Å². The first kappa shape index (κ1) is 19.4. The monoisotopic (exact) mass is 388 g/mol. The van der Waals surface area contributed by atoms with Crippen LogP contribution in [0.1, 0.15) is 40.3 Å². The summed E-state index contributed by atoms with van der Waals surface area (Å²) >= 11 is 0. The molecule has 8 heteroatoms. The maximum Gasteiger partial charge on any atom is 0.254 e. The average Bonchev–Trinajstić information content (AvgIpc) is 3.17. The molecule has 1 fully saturated rings. The van der Waals surface area contributed by atoms with Crippen molar-refractivity contribution in [3.63, 3.8) is 0 Å². The first-order valence-electron chi connectivity index (χ1n) is 9.05. The van der Waals surface area contributed by atoms with Crippen molar-refractivity contribution in [2.75, 3.05) is 19.6 Å². The van der Waals surface area contributed by atoms with Gasteiger partial charge in [0.05, 0.1) is 16.2 Å². The highest BCUT2D eigenvalue weighted by molar-refractivity contribution is 7.89. The normalized spacial score (nSPS) is 15.0. The molecule has 27 heavy (non-hydrogen) atoms. The number of hydrogen-bond donors (Lipinski definition) is 1. The van der Waals surface area contributed by atoms with Crippen LogP contribution in [0.4, 0.5) is 0 Å². The molecule has 1 saturated heterocycles. The maximum atomic E-state index is 12.5. The lowest BCUT2D eigenvalue weighted by Crippen LogP contribution is -2.28. The summed E-state index contributed by atoms with van der Waals surface area (Å²) in [4.78, 5) is 20.8. The molecule has 0 unspecified atom stereocenters. The number of hydrogen-bond acceptors (Lipinski definition) is 5. The molecule has 7 nitrogen and oxygen atoms in total. The van der Waals surface area contributed by atoms with E-state index in [2.05, 4.69) is 15.3 Å². The molecule has 0 radical (unpaired) electrons. The van der Waals surface area contributed by atoms with Crippen LogP contribution in [0.3, 0.4) is 0 Å². The smallest absolute Gasteiger partial charge is 0.254 e. The second-order valence-corrected chi connectivity index (χ2v) is 8.62. The quantitative estimate of drug-likeness (QED) is 0.815. The van der Waals surface area contributed by atoms with E-state index >= 15 is 0 Å². The van der Waals surface area contributed by atoms with Crippen molar-refractivity contribution in [3.05, 3.63) is 53.1 Å². The summed E-state index contributed by atoms with van der Waals surface area (Å²) < 4.78 is 26.6. The zero-order valence-corrected chi connectivity index (χ0v) is 16.4. The molecule has 0 atom stereocenters. The average molecular weight is 388 g/mol. The Kier molecular flexibility index (Phi) is 5.86. The molecule has 1 N–H and O–H groups in total. The van der Waals surface area contributed by atoms with Crippen LogP contribution in [0.25, 0.3) is 0 Å². The van der Waals surface area contributed by atoms with Gasteiger partial charge in [0.1, 0.15) is 5.82 Å². The summed E-state index contributed by atoms with van der Waals surface area (Å²) in [6.07, 6.45) is 3.98. The summed E-state index contributed by atoms with van der Waals surface area (Å²) in [7, 11) is -3.38. The zero-order valence-electron chi connectivity index (χ0n) is 15.6. The molecular formula is C19H24N4O3S. The van der Waals surface area contributed by atoms with E-state index < -0.39 is 10.0 Å². The molecule has 1 aromatic carbocycles. The van der Waals surface area contributed by atoms with Crippen molar-refractivity contribution in [1.82, 2.24) is 19.6 Å². The molecule has 1 amide bonds. The molecule has 1 aromatic heterocycles. The minimum Gasteiger partial charge on any atom is -0.352 e. The van der Waals surface area contributed by atoms with Crippen LogP contribution in [0, 0.1) is 13.8 Å². The van der Waals surface area contributed by atoms with Gasteiger partial charge in [0.2, 0.25) is 10.0 Å². The van der Waals surface area contributed by atoms with Gasteiger partial charge in [-0.2, -0.15) is 4.31 Å². The van der Waals surface area contributed by atoms with Crippen LogP contribution in [-0.2, 0) is 16.4 Å². The zero-order chi connectivity index (χ0) is 19.4. The summed E-state index contributed by atoms with van der Waals surface area (Å²) in [6, 6.07) is 6.89. The lowest BCUT2D eigenvalue weighted by Gasteiger charge is -2.15. The van der Waals surface area contributed by atoms with Crippen molar-refractivity contribution < 1.29 is 13.2 Å². The van der Waals surface area contributed by atoms with E-state index in [1.54, 1.807) is 38.1 Å². The Hall–Kier alpha value is -2.32. The van der Waals surface area contributed by atoms with E-state index in [-0.39, 0.29) is 5.91 Å². The Balaban J connectivity index is 1.56. The molecule has 3 rings (SSSR count). The second-order valence-electron chi connectivity index (χ2n) is 6.68. The molecule has 0 saturated carbocycles. The topological polar surface area (TPSA) is 92.3 Å². The van der Waals surface area contributed by atoms with Gasteiger partial charge in [-0.15, -0.1) is 0 Å². The number of nitrogens with one attached hydrogen (secondary N) is 1.